The molecule has 108 valence electrons. The molecule has 19 heavy (non-hydrogen) atoms. The lowest BCUT2D eigenvalue weighted by Gasteiger charge is -2.20. The van der Waals surface area contributed by atoms with Gasteiger partial charge in [-0.3, -0.25) is 0 Å². The minimum atomic E-state index is -3.90. The summed E-state index contributed by atoms with van der Waals surface area (Å²) in [6.07, 6.45) is 0. The molecule has 0 radical (unpaired) electrons. The van der Waals surface area contributed by atoms with E-state index in [-0.39, 0.29) is 23.8 Å². The van der Waals surface area contributed by atoms with E-state index < -0.39 is 20.7 Å². The predicted octanol–water partition coefficient (Wildman–Crippen LogP) is 0.945. The van der Waals surface area contributed by atoms with Crippen molar-refractivity contribution < 1.29 is 12.8 Å². The summed E-state index contributed by atoms with van der Waals surface area (Å²) in [5, 5.41) is 0. The van der Waals surface area contributed by atoms with Crippen molar-refractivity contribution in [2.75, 3.05) is 26.4 Å². The van der Waals surface area contributed by atoms with E-state index >= 15 is 0 Å². The summed E-state index contributed by atoms with van der Waals surface area (Å²) in [6, 6.07) is 2.53. The summed E-state index contributed by atoms with van der Waals surface area (Å²) >= 11 is 0. The molecule has 7 heteroatoms. The molecule has 1 unspecified atom stereocenters. The van der Waals surface area contributed by atoms with Crippen LogP contribution in [0.2, 0.25) is 0 Å². The normalized spacial score (nSPS) is 13.8. The van der Waals surface area contributed by atoms with E-state index in [1.807, 2.05) is 25.9 Å². The molecule has 0 saturated carbocycles. The largest absolute Gasteiger partial charge is 0.399 e. The van der Waals surface area contributed by atoms with E-state index in [2.05, 4.69) is 4.72 Å². The van der Waals surface area contributed by atoms with Crippen LogP contribution < -0.4 is 10.5 Å². The maximum atomic E-state index is 13.9. The van der Waals surface area contributed by atoms with Gasteiger partial charge in [0.1, 0.15) is 10.7 Å². The summed E-state index contributed by atoms with van der Waals surface area (Å²) in [7, 11) is -0.221. The van der Waals surface area contributed by atoms with Gasteiger partial charge >= 0.3 is 0 Å². The Bertz CT molecular complexity index is 558. The van der Waals surface area contributed by atoms with Crippen LogP contribution in [0.4, 0.5) is 10.1 Å². The Morgan fingerprint density at radius 1 is 1.42 bits per heavy atom. The maximum absolute atomic E-state index is 13.9. The minimum absolute atomic E-state index is 0.00000709. The molecule has 0 amide bonds. The second kappa shape index (κ2) is 5.85. The maximum Gasteiger partial charge on any atom is 0.243 e. The number of nitrogens with two attached hydrogens (primary N) is 1. The summed E-state index contributed by atoms with van der Waals surface area (Å²) in [6.45, 7) is 3.54. The molecular formula is C12H20FN3O2S. The highest BCUT2D eigenvalue weighted by atomic mass is 32.2. The van der Waals surface area contributed by atoms with Gasteiger partial charge in [-0.1, -0.05) is 0 Å². The van der Waals surface area contributed by atoms with E-state index in [0.29, 0.717) is 0 Å². The first-order valence-corrected chi connectivity index (χ1v) is 7.35. The Hall–Kier alpha value is -1.18. The summed E-state index contributed by atoms with van der Waals surface area (Å²) in [5.41, 5.74) is 5.99. The number of halogens is 1. The van der Waals surface area contributed by atoms with Crippen molar-refractivity contribution in [2.45, 2.75) is 24.8 Å². The van der Waals surface area contributed by atoms with Crippen molar-refractivity contribution in [3.8, 4) is 0 Å². The third-order valence-corrected chi connectivity index (χ3v) is 4.41. The number of aryl methyl sites for hydroxylation is 1. The molecule has 0 aliphatic heterocycles. The van der Waals surface area contributed by atoms with E-state index in [4.69, 9.17) is 5.73 Å². The van der Waals surface area contributed by atoms with Gasteiger partial charge in [-0.2, -0.15) is 0 Å². The van der Waals surface area contributed by atoms with E-state index in [0.717, 1.165) is 6.07 Å². The fourth-order valence-corrected chi connectivity index (χ4v) is 2.75. The zero-order valence-electron chi connectivity index (χ0n) is 11.6. The van der Waals surface area contributed by atoms with Crippen LogP contribution >= 0.6 is 0 Å². The van der Waals surface area contributed by atoms with Crippen LogP contribution in [0.1, 0.15) is 12.5 Å². The number of nitrogens with one attached hydrogen (secondary N) is 1. The molecule has 0 aliphatic rings. The molecule has 0 spiro atoms. The monoisotopic (exact) mass is 289 g/mol. The SMILES string of the molecule is Cc1cc(N)cc(S(=O)(=O)NCC(C)N(C)C)c1F. The molecule has 0 aromatic heterocycles. The van der Waals surface area contributed by atoms with Gasteiger partial charge in [0.15, 0.2) is 0 Å². The third kappa shape index (κ3) is 3.89. The zero-order chi connectivity index (χ0) is 14.8. The van der Waals surface area contributed by atoms with Crippen LogP contribution in [0, 0.1) is 12.7 Å². The predicted molar refractivity (Wildman–Crippen MR) is 73.9 cm³/mol. The van der Waals surface area contributed by atoms with Crippen LogP contribution in [0.15, 0.2) is 17.0 Å². The second-order valence-electron chi connectivity index (χ2n) is 4.81. The molecule has 0 fully saturated rings. The smallest absolute Gasteiger partial charge is 0.243 e. The minimum Gasteiger partial charge on any atom is -0.399 e. The van der Waals surface area contributed by atoms with Crippen molar-refractivity contribution in [2.24, 2.45) is 0 Å². The van der Waals surface area contributed by atoms with Crippen molar-refractivity contribution >= 4 is 15.7 Å². The lowest BCUT2D eigenvalue weighted by atomic mass is 10.2. The third-order valence-electron chi connectivity index (χ3n) is 2.98. The Labute approximate surface area is 113 Å². The molecule has 1 atom stereocenters. The molecule has 1 rings (SSSR count). The van der Waals surface area contributed by atoms with Crippen LogP contribution in [0.3, 0.4) is 0 Å². The highest BCUT2D eigenvalue weighted by molar-refractivity contribution is 7.89. The molecular weight excluding hydrogens is 269 g/mol. The molecule has 0 aliphatic carbocycles. The van der Waals surface area contributed by atoms with Crippen LogP contribution in [0.25, 0.3) is 0 Å². The van der Waals surface area contributed by atoms with Crippen molar-refractivity contribution in [3.63, 3.8) is 0 Å². The Morgan fingerprint density at radius 3 is 2.53 bits per heavy atom. The molecule has 0 saturated heterocycles. The quantitative estimate of drug-likeness (QED) is 0.791. The number of hydrogen-bond acceptors (Lipinski definition) is 4. The number of anilines is 1. The second-order valence-corrected chi connectivity index (χ2v) is 6.55. The van der Waals surface area contributed by atoms with Crippen LogP contribution in [-0.4, -0.2) is 40.0 Å². The molecule has 0 heterocycles. The average Bonchev–Trinajstić information content (AvgIpc) is 2.30. The van der Waals surface area contributed by atoms with E-state index in [1.165, 1.54) is 13.0 Å². The first-order chi connectivity index (χ1) is 8.65. The summed E-state index contributed by atoms with van der Waals surface area (Å²) in [5.74, 6) is -0.765. The lowest BCUT2D eigenvalue weighted by molar-refractivity contribution is 0.313. The van der Waals surface area contributed by atoms with E-state index in [1.54, 1.807) is 0 Å². The molecule has 3 N–H and O–H groups in total. The number of likely N-dealkylation sites (N-methyl/N-ethyl adjacent to an activating group) is 1. The topological polar surface area (TPSA) is 75.4 Å². The van der Waals surface area contributed by atoms with Gasteiger partial charge in [0.25, 0.3) is 0 Å². The first-order valence-electron chi connectivity index (χ1n) is 5.87. The summed E-state index contributed by atoms with van der Waals surface area (Å²) in [4.78, 5) is 1.46. The average molecular weight is 289 g/mol. The number of rotatable bonds is 5. The van der Waals surface area contributed by atoms with Crippen molar-refractivity contribution in [1.82, 2.24) is 9.62 Å². The molecule has 1 aromatic carbocycles. The number of sulfonamides is 1. The van der Waals surface area contributed by atoms with Crippen molar-refractivity contribution in [1.29, 1.82) is 0 Å². The van der Waals surface area contributed by atoms with Gasteiger partial charge in [0.2, 0.25) is 10.0 Å². The number of benzene rings is 1. The standard InChI is InChI=1S/C12H20FN3O2S/c1-8-5-10(14)6-11(12(8)13)19(17,18)15-7-9(2)16(3)4/h5-6,9,15H,7,14H2,1-4H3. The Morgan fingerprint density at radius 2 is 2.00 bits per heavy atom. The fourth-order valence-electron chi connectivity index (χ4n) is 1.45. The molecule has 5 nitrogen and oxygen atoms in total. The lowest BCUT2D eigenvalue weighted by Crippen LogP contribution is -2.38. The van der Waals surface area contributed by atoms with Gasteiger partial charge in [0.05, 0.1) is 0 Å². The van der Waals surface area contributed by atoms with Gasteiger partial charge in [-0.05, 0) is 45.6 Å². The molecule has 0 bridgehead atoms. The fraction of sp³-hybridized carbons (Fsp3) is 0.500. The number of nitrogen functional groups attached to an aromatic ring is 1. The number of hydrogen-bond donors (Lipinski definition) is 2. The van der Waals surface area contributed by atoms with Crippen LogP contribution in [-0.2, 0) is 10.0 Å². The highest BCUT2D eigenvalue weighted by Gasteiger charge is 2.21. The van der Waals surface area contributed by atoms with Crippen molar-refractivity contribution in [3.05, 3.63) is 23.5 Å². The van der Waals surface area contributed by atoms with Crippen LogP contribution in [0.5, 0.6) is 0 Å². The zero-order valence-corrected chi connectivity index (χ0v) is 12.4. The molecule has 1 aromatic rings. The Kier molecular flexibility index (Phi) is 4.89. The van der Waals surface area contributed by atoms with E-state index in [9.17, 15) is 12.8 Å². The number of nitrogens with zero attached hydrogens (tertiary/aromatic N) is 1. The van der Waals surface area contributed by atoms with Gasteiger partial charge < -0.3 is 10.6 Å². The summed E-state index contributed by atoms with van der Waals surface area (Å²) < 4.78 is 40.4. The first kappa shape index (κ1) is 15.9. The van der Waals surface area contributed by atoms with Gasteiger partial charge in [-0.15, -0.1) is 0 Å². The van der Waals surface area contributed by atoms with Gasteiger partial charge in [0, 0.05) is 18.3 Å². The highest BCUT2D eigenvalue weighted by Crippen LogP contribution is 2.21. The van der Waals surface area contributed by atoms with Gasteiger partial charge in [-0.25, -0.2) is 17.5 Å². The Balaban J connectivity index is 3.01.